The van der Waals surface area contributed by atoms with Crippen LogP contribution in [-0.2, 0) is 12.8 Å². The first-order valence-electron chi connectivity index (χ1n) is 11.6. The highest BCUT2D eigenvalue weighted by Crippen LogP contribution is 2.25. The Morgan fingerprint density at radius 3 is 1.62 bits per heavy atom. The summed E-state index contributed by atoms with van der Waals surface area (Å²) in [6, 6.07) is 6.05. The number of rotatable bonds is 17. The lowest BCUT2D eigenvalue weighted by Crippen LogP contribution is -1.96. The van der Waals surface area contributed by atoms with Gasteiger partial charge in [-0.1, -0.05) is 109 Å². The van der Waals surface area contributed by atoms with Crippen molar-refractivity contribution in [3.05, 3.63) is 29.3 Å². The smallest absolute Gasteiger partial charge is 0.119 e. The molecule has 0 unspecified atom stereocenters. The van der Waals surface area contributed by atoms with Gasteiger partial charge in [0.05, 0.1) is 0 Å². The van der Waals surface area contributed by atoms with Crippen LogP contribution in [0.4, 0.5) is 0 Å². The third-order valence-corrected chi connectivity index (χ3v) is 5.58. The molecule has 150 valence electrons. The summed E-state index contributed by atoms with van der Waals surface area (Å²) in [7, 11) is 0. The Morgan fingerprint density at radius 2 is 1.08 bits per heavy atom. The molecule has 0 bridgehead atoms. The van der Waals surface area contributed by atoms with E-state index in [0.29, 0.717) is 5.75 Å². The van der Waals surface area contributed by atoms with Gasteiger partial charge >= 0.3 is 0 Å². The molecule has 0 saturated heterocycles. The molecule has 0 aliphatic carbocycles. The van der Waals surface area contributed by atoms with Crippen LogP contribution in [-0.4, -0.2) is 5.11 Å². The number of phenolic OH excluding ortho intramolecular Hbond substituents is 1. The van der Waals surface area contributed by atoms with Crippen LogP contribution in [0.25, 0.3) is 0 Å². The van der Waals surface area contributed by atoms with Crippen molar-refractivity contribution < 1.29 is 5.11 Å². The lowest BCUT2D eigenvalue weighted by Gasteiger charge is -2.11. The SMILES string of the molecule is CCCCCCCCCCCCCCCc1c(O)cccc1CCCC. The van der Waals surface area contributed by atoms with Crippen molar-refractivity contribution >= 4 is 0 Å². The second kappa shape index (κ2) is 16.2. The summed E-state index contributed by atoms with van der Waals surface area (Å²) in [6.07, 6.45) is 22.7. The van der Waals surface area contributed by atoms with E-state index in [-0.39, 0.29) is 0 Å². The van der Waals surface area contributed by atoms with E-state index in [0.717, 1.165) is 12.8 Å². The minimum Gasteiger partial charge on any atom is -0.508 e. The summed E-state index contributed by atoms with van der Waals surface area (Å²) < 4.78 is 0. The van der Waals surface area contributed by atoms with Gasteiger partial charge in [-0.05, 0) is 42.9 Å². The molecule has 0 aliphatic rings. The van der Waals surface area contributed by atoms with E-state index in [2.05, 4.69) is 19.9 Å². The van der Waals surface area contributed by atoms with Gasteiger partial charge in [0.15, 0.2) is 0 Å². The number of unbranched alkanes of at least 4 members (excludes halogenated alkanes) is 13. The summed E-state index contributed by atoms with van der Waals surface area (Å²) in [5.41, 5.74) is 2.58. The Kier molecular flexibility index (Phi) is 14.4. The Morgan fingerprint density at radius 1 is 0.577 bits per heavy atom. The average molecular weight is 361 g/mol. The van der Waals surface area contributed by atoms with E-state index in [9.17, 15) is 5.11 Å². The minimum absolute atomic E-state index is 0.512. The average Bonchev–Trinajstić information content (AvgIpc) is 2.65. The van der Waals surface area contributed by atoms with Gasteiger partial charge in [-0.25, -0.2) is 0 Å². The third kappa shape index (κ3) is 10.9. The summed E-state index contributed by atoms with van der Waals surface area (Å²) in [5.74, 6) is 0.512. The fourth-order valence-electron chi connectivity index (χ4n) is 3.83. The van der Waals surface area contributed by atoms with Crippen LogP contribution in [0.15, 0.2) is 18.2 Å². The molecule has 1 heteroatoms. The molecule has 0 radical (unpaired) electrons. The van der Waals surface area contributed by atoms with Gasteiger partial charge < -0.3 is 5.11 Å². The summed E-state index contributed by atoms with van der Waals surface area (Å²) in [4.78, 5) is 0. The number of hydrogen-bond donors (Lipinski definition) is 1. The maximum atomic E-state index is 10.2. The first kappa shape index (κ1) is 23.1. The third-order valence-electron chi connectivity index (χ3n) is 5.58. The van der Waals surface area contributed by atoms with Crippen molar-refractivity contribution in [3.8, 4) is 5.75 Å². The predicted octanol–water partition coefficient (Wildman–Crippen LogP) is 8.37. The van der Waals surface area contributed by atoms with Crippen LogP contribution in [0, 0.1) is 0 Å². The highest BCUT2D eigenvalue weighted by atomic mass is 16.3. The second-order valence-electron chi connectivity index (χ2n) is 8.01. The Bertz CT molecular complexity index is 438. The van der Waals surface area contributed by atoms with Crippen molar-refractivity contribution in [2.45, 2.75) is 123 Å². The van der Waals surface area contributed by atoms with Gasteiger partial charge in [-0.3, -0.25) is 0 Å². The van der Waals surface area contributed by atoms with Crippen molar-refractivity contribution in [2.24, 2.45) is 0 Å². The van der Waals surface area contributed by atoms with E-state index in [1.165, 1.54) is 107 Å². The fourth-order valence-corrected chi connectivity index (χ4v) is 3.83. The first-order chi connectivity index (χ1) is 12.8. The minimum atomic E-state index is 0.512. The molecular formula is C25H44O. The van der Waals surface area contributed by atoms with E-state index in [1.54, 1.807) is 0 Å². The second-order valence-corrected chi connectivity index (χ2v) is 8.01. The molecule has 1 aromatic rings. The lowest BCUT2D eigenvalue weighted by atomic mass is 9.96. The van der Waals surface area contributed by atoms with Crippen LogP contribution in [0.1, 0.15) is 121 Å². The topological polar surface area (TPSA) is 20.2 Å². The Hall–Kier alpha value is -0.980. The standard InChI is InChI=1S/C25H44O/c1-3-5-7-8-9-10-11-12-13-14-15-16-17-21-24-23(19-6-4-2)20-18-22-25(24)26/h18,20,22,26H,3-17,19,21H2,1-2H3. The highest BCUT2D eigenvalue weighted by molar-refractivity contribution is 5.39. The van der Waals surface area contributed by atoms with Gasteiger partial charge in [0.1, 0.15) is 5.75 Å². The van der Waals surface area contributed by atoms with E-state index in [1.807, 2.05) is 12.1 Å². The zero-order valence-electron chi connectivity index (χ0n) is 17.7. The number of aromatic hydroxyl groups is 1. The molecule has 0 spiro atoms. The molecule has 1 aromatic carbocycles. The van der Waals surface area contributed by atoms with Gasteiger partial charge in [0.2, 0.25) is 0 Å². The highest BCUT2D eigenvalue weighted by Gasteiger charge is 2.07. The van der Waals surface area contributed by atoms with Crippen LogP contribution in [0.2, 0.25) is 0 Å². The predicted molar refractivity (Wildman–Crippen MR) is 116 cm³/mol. The molecule has 1 rings (SSSR count). The zero-order chi connectivity index (χ0) is 18.9. The first-order valence-corrected chi connectivity index (χ1v) is 11.6. The fraction of sp³-hybridized carbons (Fsp3) is 0.760. The van der Waals surface area contributed by atoms with Crippen LogP contribution in [0.5, 0.6) is 5.75 Å². The van der Waals surface area contributed by atoms with E-state index in [4.69, 9.17) is 0 Å². The monoisotopic (exact) mass is 360 g/mol. The molecule has 0 aliphatic heterocycles. The van der Waals surface area contributed by atoms with E-state index >= 15 is 0 Å². The molecule has 26 heavy (non-hydrogen) atoms. The number of phenols is 1. The normalized spacial score (nSPS) is 11.2. The van der Waals surface area contributed by atoms with Gasteiger partial charge in [-0.2, -0.15) is 0 Å². The Labute approximate surface area is 163 Å². The molecule has 0 saturated carbocycles. The molecular weight excluding hydrogens is 316 g/mol. The Balaban J connectivity index is 2.02. The molecule has 0 atom stereocenters. The van der Waals surface area contributed by atoms with Gasteiger partial charge in [0, 0.05) is 0 Å². The van der Waals surface area contributed by atoms with Crippen molar-refractivity contribution in [2.75, 3.05) is 0 Å². The van der Waals surface area contributed by atoms with Gasteiger partial charge in [-0.15, -0.1) is 0 Å². The number of benzene rings is 1. The molecule has 1 N–H and O–H groups in total. The maximum absolute atomic E-state index is 10.2. The summed E-state index contributed by atoms with van der Waals surface area (Å²) in [6.45, 7) is 4.52. The van der Waals surface area contributed by atoms with Gasteiger partial charge in [0.25, 0.3) is 0 Å². The van der Waals surface area contributed by atoms with Crippen LogP contribution < -0.4 is 0 Å². The number of aryl methyl sites for hydroxylation is 1. The molecule has 0 heterocycles. The van der Waals surface area contributed by atoms with Crippen LogP contribution in [0.3, 0.4) is 0 Å². The van der Waals surface area contributed by atoms with Crippen molar-refractivity contribution in [1.82, 2.24) is 0 Å². The quantitative estimate of drug-likeness (QED) is 0.277. The molecule has 1 nitrogen and oxygen atoms in total. The van der Waals surface area contributed by atoms with Crippen LogP contribution >= 0.6 is 0 Å². The maximum Gasteiger partial charge on any atom is 0.119 e. The molecule has 0 fully saturated rings. The summed E-state index contributed by atoms with van der Waals surface area (Å²) in [5, 5.41) is 10.2. The molecule has 0 amide bonds. The van der Waals surface area contributed by atoms with E-state index < -0.39 is 0 Å². The number of hydrogen-bond acceptors (Lipinski definition) is 1. The zero-order valence-corrected chi connectivity index (χ0v) is 17.7. The largest absolute Gasteiger partial charge is 0.508 e. The summed E-state index contributed by atoms with van der Waals surface area (Å²) >= 11 is 0. The van der Waals surface area contributed by atoms with Crippen molar-refractivity contribution in [1.29, 1.82) is 0 Å². The van der Waals surface area contributed by atoms with Crippen molar-refractivity contribution in [3.63, 3.8) is 0 Å². The molecule has 0 aromatic heterocycles. The lowest BCUT2D eigenvalue weighted by molar-refractivity contribution is 0.464.